The predicted molar refractivity (Wildman–Crippen MR) is 87.4 cm³/mol. The second-order valence-corrected chi connectivity index (χ2v) is 8.65. The fraction of sp³-hybridized carbons (Fsp3) is 0.714. The van der Waals surface area contributed by atoms with E-state index < -0.39 is 10.0 Å². The van der Waals surface area contributed by atoms with Crippen LogP contribution in [-0.4, -0.2) is 41.3 Å². The SMILES string of the molecule is COCC(C)CNS(=O)(=O)c1ccc(CCNC(C)C)s1. The third-order valence-electron chi connectivity index (χ3n) is 2.90. The first-order valence-corrected chi connectivity index (χ1v) is 9.45. The average molecular weight is 335 g/mol. The van der Waals surface area contributed by atoms with Gasteiger partial charge in [-0.05, 0) is 24.5 Å². The molecule has 1 atom stereocenters. The molecule has 0 aliphatic carbocycles. The Morgan fingerprint density at radius 2 is 2.00 bits per heavy atom. The highest BCUT2D eigenvalue weighted by Gasteiger charge is 2.17. The molecule has 5 nitrogen and oxygen atoms in total. The van der Waals surface area contributed by atoms with Crippen LogP contribution < -0.4 is 10.0 Å². The second-order valence-electron chi connectivity index (χ2n) is 5.49. The molecule has 1 unspecified atom stereocenters. The van der Waals surface area contributed by atoms with Gasteiger partial charge in [0.05, 0.1) is 0 Å². The molecule has 0 aliphatic rings. The van der Waals surface area contributed by atoms with Crippen LogP contribution in [0.4, 0.5) is 0 Å². The van der Waals surface area contributed by atoms with Crippen LogP contribution in [0.15, 0.2) is 16.3 Å². The van der Waals surface area contributed by atoms with Gasteiger partial charge in [0, 0.05) is 37.7 Å². The first kappa shape index (κ1) is 18.6. The summed E-state index contributed by atoms with van der Waals surface area (Å²) in [5.74, 6) is 0.152. The Morgan fingerprint density at radius 1 is 1.29 bits per heavy atom. The molecule has 2 N–H and O–H groups in total. The molecule has 0 radical (unpaired) electrons. The number of ether oxygens (including phenoxy) is 1. The molecule has 0 saturated carbocycles. The third kappa shape index (κ3) is 6.88. The molecule has 0 spiro atoms. The minimum Gasteiger partial charge on any atom is -0.384 e. The van der Waals surface area contributed by atoms with E-state index in [1.54, 1.807) is 13.2 Å². The van der Waals surface area contributed by atoms with Crippen LogP contribution in [0, 0.1) is 5.92 Å². The monoisotopic (exact) mass is 334 g/mol. The molecule has 0 bridgehead atoms. The molecule has 0 aliphatic heterocycles. The standard InChI is InChI=1S/C14H26N2O3S2/c1-11(2)15-8-7-13-5-6-14(20-13)21(17,18)16-9-12(3)10-19-4/h5-6,11-12,15-16H,7-10H2,1-4H3. The minimum atomic E-state index is -3.40. The summed E-state index contributed by atoms with van der Waals surface area (Å²) in [4.78, 5) is 1.08. The third-order valence-corrected chi connectivity index (χ3v) is 5.96. The van der Waals surface area contributed by atoms with Crippen LogP contribution in [0.2, 0.25) is 0 Å². The summed E-state index contributed by atoms with van der Waals surface area (Å²) in [6, 6.07) is 4.01. The van der Waals surface area contributed by atoms with E-state index in [0.717, 1.165) is 17.8 Å². The Bertz CT molecular complexity index is 512. The van der Waals surface area contributed by atoms with Crippen molar-refractivity contribution in [1.29, 1.82) is 0 Å². The van der Waals surface area contributed by atoms with Crippen molar-refractivity contribution in [2.45, 2.75) is 37.4 Å². The van der Waals surface area contributed by atoms with E-state index in [0.29, 0.717) is 23.4 Å². The minimum absolute atomic E-state index is 0.152. The van der Waals surface area contributed by atoms with Gasteiger partial charge in [-0.3, -0.25) is 0 Å². The van der Waals surface area contributed by atoms with E-state index in [-0.39, 0.29) is 5.92 Å². The zero-order valence-electron chi connectivity index (χ0n) is 13.2. The van der Waals surface area contributed by atoms with Gasteiger partial charge in [0.25, 0.3) is 0 Å². The summed E-state index contributed by atoms with van der Waals surface area (Å²) in [6.45, 7) is 7.92. The van der Waals surface area contributed by atoms with Crippen molar-refractivity contribution in [2.24, 2.45) is 5.92 Å². The van der Waals surface area contributed by atoms with Crippen molar-refractivity contribution in [3.8, 4) is 0 Å². The van der Waals surface area contributed by atoms with Gasteiger partial charge in [-0.15, -0.1) is 11.3 Å². The van der Waals surface area contributed by atoms with E-state index >= 15 is 0 Å². The predicted octanol–water partition coefficient (Wildman–Crippen LogP) is 1.85. The van der Waals surface area contributed by atoms with Crippen LogP contribution in [0.1, 0.15) is 25.6 Å². The molecular weight excluding hydrogens is 308 g/mol. The molecular formula is C14H26N2O3S2. The lowest BCUT2D eigenvalue weighted by molar-refractivity contribution is 0.161. The highest BCUT2D eigenvalue weighted by atomic mass is 32.2. The topological polar surface area (TPSA) is 67.4 Å². The van der Waals surface area contributed by atoms with E-state index in [1.165, 1.54) is 11.3 Å². The Balaban J connectivity index is 2.53. The summed E-state index contributed by atoms with van der Waals surface area (Å²) < 4.78 is 32.4. The molecule has 0 fully saturated rings. The maximum absolute atomic E-state index is 12.2. The lowest BCUT2D eigenvalue weighted by Gasteiger charge is -2.11. The number of hydrogen-bond donors (Lipinski definition) is 2. The number of hydrogen-bond acceptors (Lipinski definition) is 5. The Hall–Kier alpha value is -0.470. The fourth-order valence-corrected chi connectivity index (χ4v) is 4.35. The molecule has 1 rings (SSSR count). The van der Waals surface area contributed by atoms with E-state index in [9.17, 15) is 8.42 Å². The van der Waals surface area contributed by atoms with Gasteiger partial charge in [0.15, 0.2) is 0 Å². The Morgan fingerprint density at radius 3 is 2.62 bits per heavy atom. The molecule has 21 heavy (non-hydrogen) atoms. The van der Waals surface area contributed by atoms with Crippen LogP contribution in [0.25, 0.3) is 0 Å². The number of rotatable bonds is 10. The molecule has 0 amide bonds. The normalized spacial score (nSPS) is 13.8. The maximum Gasteiger partial charge on any atom is 0.250 e. The highest BCUT2D eigenvalue weighted by molar-refractivity contribution is 7.91. The van der Waals surface area contributed by atoms with E-state index in [1.807, 2.05) is 13.0 Å². The summed E-state index contributed by atoms with van der Waals surface area (Å²) in [7, 11) is -1.79. The maximum atomic E-state index is 12.2. The highest BCUT2D eigenvalue weighted by Crippen LogP contribution is 2.21. The van der Waals surface area contributed by atoms with Crippen LogP contribution in [0.5, 0.6) is 0 Å². The molecule has 1 heterocycles. The van der Waals surface area contributed by atoms with Crippen LogP contribution in [0.3, 0.4) is 0 Å². The van der Waals surface area contributed by atoms with Crippen LogP contribution in [-0.2, 0) is 21.2 Å². The van der Waals surface area contributed by atoms with Crippen LogP contribution >= 0.6 is 11.3 Å². The molecule has 1 aromatic heterocycles. The van der Waals surface area contributed by atoms with Gasteiger partial charge >= 0.3 is 0 Å². The van der Waals surface area contributed by atoms with Gasteiger partial charge in [-0.2, -0.15) is 0 Å². The van der Waals surface area contributed by atoms with Crippen molar-refractivity contribution in [3.05, 3.63) is 17.0 Å². The van der Waals surface area contributed by atoms with Gasteiger partial charge in [-0.1, -0.05) is 20.8 Å². The Kier molecular flexibility index (Phi) is 7.83. The summed E-state index contributed by atoms with van der Waals surface area (Å²) in [6.07, 6.45) is 0.846. The van der Waals surface area contributed by atoms with E-state index in [4.69, 9.17) is 4.74 Å². The molecule has 0 aromatic carbocycles. The van der Waals surface area contributed by atoms with Gasteiger partial charge in [-0.25, -0.2) is 13.1 Å². The van der Waals surface area contributed by atoms with Crippen molar-refractivity contribution in [3.63, 3.8) is 0 Å². The average Bonchev–Trinajstić information content (AvgIpc) is 2.86. The molecule has 122 valence electrons. The van der Waals surface area contributed by atoms with Gasteiger partial charge in [0.2, 0.25) is 10.0 Å². The quantitative estimate of drug-likeness (QED) is 0.685. The largest absolute Gasteiger partial charge is 0.384 e. The zero-order valence-corrected chi connectivity index (χ0v) is 14.8. The van der Waals surface area contributed by atoms with Gasteiger partial charge < -0.3 is 10.1 Å². The number of thiophene rings is 1. The lowest BCUT2D eigenvalue weighted by Crippen LogP contribution is -2.29. The first-order chi connectivity index (χ1) is 9.85. The Labute approximate surface area is 132 Å². The van der Waals surface area contributed by atoms with Crippen molar-refractivity contribution in [1.82, 2.24) is 10.0 Å². The summed E-state index contributed by atoms with van der Waals surface area (Å²) in [5, 5.41) is 3.32. The number of sulfonamides is 1. The van der Waals surface area contributed by atoms with Crippen molar-refractivity contribution < 1.29 is 13.2 Å². The smallest absolute Gasteiger partial charge is 0.250 e. The molecule has 7 heteroatoms. The zero-order chi connectivity index (χ0) is 15.9. The summed E-state index contributed by atoms with van der Waals surface area (Å²) >= 11 is 1.33. The molecule has 1 aromatic rings. The van der Waals surface area contributed by atoms with Gasteiger partial charge in [0.1, 0.15) is 4.21 Å². The second kappa shape index (κ2) is 8.85. The van der Waals surface area contributed by atoms with Crippen molar-refractivity contribution in [2.75, 3.05) is 26.8 Å². The number of methoxy groups -OCH3 is 1. The summed E-state index contributed by atoms with van der Waals surface area (Å²) in [5.41, 5.74) is 0. The lowest BCUT2D eigenvalue weighted by atomic mass is 10.2. The van der Waals surface area contributed by atoms with E-state index in [2.05, 4.69) is 23.9 Å². The van der Waals surface area contributed by atoms with Crippen molar-refractivity contribution >= 4 is 21.4 Å². The number of nitrogens with one attached hydrogen (secondary N) is 2. The molecule has 0 saturated heterocycles. The first-order valence-electron chi connectivity index (χ1n) is 7.16. The fourth-order valence-electron chi connectivity index (χ4n) is 1.79.